The lowest BCUT2D eigenvalue weighted by Gasteiger charge is -2.27. The number of hydrogen-bond acceptors (Lipinski definition) is 4. The summed E-state index contributed by atoms with van der Waals surface area (Å²) in [7, 11) is 1.46. The third kappa shape index (κ3) is 4.80. The quantitative estimate of drug-likeness (QED) is 0.213. The predicted molar refractivity (Wildman–Crippen MR) is 117 cm³/mol. The summed E-state index contributed by atoms with van der Waals surface area (Å²) in [4.78, 5) is 40.5. The van der Waals surface area contributed by atoms with E-state index in [2.05, 4.69) is 0 Å². The molecule has 0 N–H and O–H groups in total. The molecular formula is C26H19F4NO4. The molecule has 1 aliphatic rings. The maximum absolute atomic E-state index is 13.6. The molecular weight excluding hydrogens is 466 g/mol. The normalized spacial score (nSPS) is 18.1. The molecule has 1 saturated heterocycles. The van der Waals surface area contributed by atoms with Gasteiger partial charge >= 0.3 is 6.18 Å². The molecule has 0 aliphatic carbocycles. The number of Topliss-reactive ketones (excluding diaryl/α,β-unsaturated/α-hetero) is 2. The molecule has 5 nitrogen and oxygen atoms in total. The van der Waals surface area contributed by atoms with E-state index in [1.165, 1.54) is 43.5 Å². The monoisotopic (exact) mass is 485 g/mol. The number of ether oxygens (including phenoxy) is 1. The van der Waals surface area contributed by atoms with E-state index in [-0.39, 0.29) is 12.1 Å². The van der Waals surface area contributed by atoms with Gasteiger partial charge in [-0.3, -0.25) is 14.4 Å². The summed E-state index contributed by atoms with van der Waals surface area (Å²) in [5, 5.41) is 0. The highest BCUT2D eigenvalue weighted by Gasteiger charge is 2.51. The van der Waals surface area contributed by atoms with Crippen molar-refractivity contribution in [1.82, 2.24) is 4.90 Å². The van der Waals surface area contributed by atoms with Crippen LogP contribution in [0.1, 0.15) is 33.1 Å². The van der Waals surface area contributed by atoms with E-state index in [1.807, 2.05) is 0 Å². The van der Waals surface area contributed by atoms with Crippen LogP contribution in [0.4, 0.5) is 17.6 Å². The molecule has 1 amide bonds. The topological polar surface area (TPSA) is 63.7 Å². The number of methoxy groups -OCH3 is 1. The van der Waals surface area contributed by atoms with Gasteiger partial charge in [0.05, 0.1) is 18.7 Å². The van der Waals surface area contributed by atoms with Crippen LogP contribution < -0.4 is 4.74 Å². The first-order valence-corrected chi connectivity index (χ1v) is 10.5. The van der Waals surface area contributed by atoms with Crippen molar-refractivity contribution in [2.75, 3.05) is 7.11 Å². The van der Waals surface area contributed by atoms with Crippen molar-refractivity contribution >= 4 is 17.5 Å². The molecule has 1 heterocycles. The van der Waals surface area contributed by atoms with Crippen molar-refractivity contribution in [3.05, 3.63) is 101 Å². The molecule has 2 atom stereocenters. The Labute approximate surface area is 197 Å². The van der Waals surface area contributed by atoms with Crippen LogP contribution in [-0.4, -0.2) is 29.5 Å². The maximum Gasteiger partial charge on any atom is 0.416 e. The molecule has 0 aromatic heterocycles. The first-order chi connectivity index (χ1) is 16.6. The van der Waals surface area contributed by atoms with Crippen molar-refractivity contribution in [3.8, 4) is 5.75 Å². The molecule has 35 heavy (non-hydrogen) atoms. The summed E-state index contributed by atoms with van der Waals surface area (Å²) in [6.45, 7) is -0.211. The Balaban J connectivity index is 1.72. The molecule has 3 aromatic rings. The van der Waals surface area contributed by atoms with Gasteiger partial charge in [0.25, 0.3) is 5.91 Å². The Morgan fingerprint density at radius 2 is 1.51 bits per heavy atom. The van der Waals surface area contributed by atoms with Crippen LogP contribution in [0.25, 0.3) is 0 Å². The van der Waals surface area contributed by atoms with Gasteiger partial charge in [0.2, 0.25) is 5.78 Å². The van der Waals surface area contributed by atoms with Crippen LogP contribution in [-0.2, 0) is 22.3 Å². The third-order valence-corrected chi connectivity index (χ3v) is 5.91. The standard InChI is InChI=1S/C26H19F4NO4/c1-35-20-12-6-17(7-13-20)23(32)21-22(16-4-10-19(27)11-5-16)31(25(34)24(21)33)14-15-2-8-18(9-3-15)26(28,29)30/h2-13,21-22H,14H2,1H3. The number of rotatable bonds is 6. The Bertz CT molecular complexity index is 1250. The molecule has 0 bridgehead atoms. The summed E-state index contributed by atoms with van der Waals surface area (Å²) in [5.41, 5.74) is 0.0151. The number of benzene rings is 3. The zero-order valence-electron chi connectivity index (χ0n) is 18.4. The van der Waals surface area contributed by atoms with Crippen molar-refractivity contribution in [2.45, 2.75) is 18.8 Å². The van der Waals surface area contributed by atoms with Crippen LogP contribution in [0.3, 0.4) is 0 Å². The van der Waals surface area contributed by atoms with E-state index < -0.39 is 47.0 Å². The van der Waals surface area contributed by atoms with E-state index >= 15 is 0 Å². The smallest absolute Gasteiger partial charge is 0.416 e. The molecule has 9 heteroatoms. The number of ketones is 2. The van der Waals surface area contributed by atoms with Crippen LogP contribution in [0.2, 0.25) is 0 Å². The highest BCUT2D eigenvalue weighted by molar-refractivity contribution is 6.44. The zero-order chi connectivity index (χ0) is 25.3. The van der Waals surface area contributed by atoms with Gasteiger partial charge in [-0.25, -0.2) is 4.39 Å². The molecule has 4 rings (SSSR count). The lowest BCUT2D eigenvalue weighted by molar-refractivity contribution is -0.141. The number of nitrogens with zero attached hydrogens (tertiary/aromatic N) is 1. The predicted octanol–water partition coefficient (Wildman–Crippen LogP) is 5.00. The first-order valence-electron chi connectivity index (χ1n) is 10.5. The number of carbonyl (C=O) groups excluding carboxylic acids is 3. The zero-order valence-corrected chi connectivity index (χ0v) is 18.4. The minimum absolute atomic E-state index is 0.181. The van der Waals surface area contributed by atoms with Gasteiger partial charge in [-0.15, -0.1) is 0 Å². The summed E-state index contributed by atoms with van der Waals surface area (Å²) in [5.74, 6) is -3.93. The fourth-order valence-electron chi connectivity index (χ4n) is 4.12. The van der Waals surface area contributed by atoms with Crippen LogP contribution >= 0.6 is 0 Å². The number of carbonyl (C=O) groups is 3. The van der Waals surface area contributed by atoms with Gasteiger partial charge in [-0.2, -0.15) is 13.2 Å². The second-order valence-electron chi connectivity index (χ2n) is 8.06. The van der Waals surface area contributed by atoms with Crippen LogP contribution in [0.5, 0.6) is 5.75 Å². The average molecular weight is 485 g/mol. The molecule has 2 unspecified atom stereocenters. The highest BCUT2D eigenvalue weighted by atomic mass is 19.4. The minimum atomic E-state index is -4.52. The molecule has 1 aliphatic heterocycles. The highest BCUT2D eigenvalue weighted by Crippen LogP contribution is 2.39. The van der Waals surface area contributed by atoms with E-state index in [4.69, 9.17) is 4.74 Å². The fourth-order valence-corrected chi connectivity index (χ4v) is 4.12. The van der Waals surface area contributed by atoms with Gasteiger partial charge in [0, 0.05) is 12.1 Å². The van der Waals surface area contributed by atoms with E-state index in [0.717, 1.165) is 29.2 Å². The fraction of sp³-hybridized carbons (Fsp3) is 0.192. The van der Waals surface area contributed by atoms with Gasteiger partial charge < -0.3 is 9.64 Å². The lowest BCUT2D eigenvalue weighted by Crippen LogP contribution is -2.30. The Morgan fingerprint density at radius 3 is 2.06 bits per heavy atom. The number of likely N-dealkylation sites (tertiary alicyclic amines) is 1. The van der Waals surface area contributed by atoms with E-state index in [1.54, 1.807) is 12.1 Å². The van der Waals surface area contributed by atoms with E-state index in [9.17, 15) is 31.9 Å². The molecule has 0 spiro atoms. The molecule has 3 aromatic carbocycles. The lowest BCUT2D eigenvalue weighted by atomic mass is 9.86. The Kier molecular flexibility index (Phi) is 6.43. The summed E-state index contributed by atoms with van der Waals surface area (Å²) in [6.07, 6.45) is -4.52. The van der Waals surface area contributed by atoms with Crippen LogP contribution in [0, 0.1) is 11.7 Å². The number of hydrogen-bond donors (Lipinski definition) is 0. The van der Waals surface area contributed by atoms with Gasteiger partial charge in [0.15, 0.2) is 5.78 Å². The summed E-state index contributed by atoms with van der Waals surface area (Å²) >= 11 is 0. The van der Waals surface area contributed by atoms with E-state index in [0.29, 0.717) is 16.9 Å². The Morgan fingerprint density at radius 1 is 0.914 bits per heavy atom. The minimum Gasteiger partial charge on any atom is -0.497 e. The van der Waals surface area contributed by atoms with Gasteiger partial charge in [-0.1, -0.05) is 24.3 Å². The first kappa shape index (κ1) is 24.1. The summed E-state index contributed by atoms with van der Waals surface area (Å²) in [6, 6.07) is 14.2. The maximum atomic E-state index is 13.6. The molecule has 0 saturated carbocycles. The number of alkyl halides is 3. The van der Waals surface area contributed by atoms with Crippen molar-refractivity contribution in [2.24, 2.45) is 5.92 Å². The average Bonchev–Trinajstić information content (AvgIpc) is 3.09. The second kappa shape index (κ2) is 9.32. The Hall–Kier alpha value is -4.01. The van der Waals surface area contributed by atoms with Gasteiger partial charge in [-0.05, 0) is 59.7 Å². The molecule has 0 radical (unpaired) electrons. The van der Waals surface area contributed by atoms with Crippen molar-refractivity contribution in [3.63, 3.8) is 0 Å². The van der Waals surface area contributed by atoms with Gasteiger partial charge in [0.1, 0.15) is 17.5 Å². The summed E-state index contributed by atoms with van der Waals surface area (Å²) < 4.78 is 57.4. The second-order valence-corrected chi connectivity index (χ2v) is 8.06. The number of halogens is 4. The van der Waals surface area contributed by atoms with Crippen LogP contribution in [0.15, 0.2) is 72.8 Å². The largest absolute Gasteiger partial charge is 0.497 e. The number of amides is 1. The van der Waals surface area contributed by atoms with Crippen molar-refractivity contribution < 1.29 is 36.7 Å². The molecule has 180 valence electrons. The third-order valence-electron chi connectivity index (χ3n) is 5.91. The molecule has 1 fully saturated rings. The van der Waals surface area contributed by atoms with Crippen molar-refractivity contribution in [1.29, 1.82) is 0 Å². The SMILES string of the molecule is COc1ccc(C(=O)C2C(=O)C(=O)N(Cc3ccc(C(F)(F)F)cc3)C2c2ccc(F)cc2)cc1.